The van der Waals surface area contributed by atoms with E-state index in [4.69, 9.17) is 4.74 Å². The van der Waals surface area contributed by atoms with Crippen LogP contribution in [0.1, 0.15) is 11.7 Å². The number of hydrogen-bond donors (Lipinski definition) is 2. The highest BCUT2D eigenvalue weighted by atomic mass is 32.2. The van der Waals surface area contributed by atoms with Gasteiger partial charge < -0.3 is 9.72 Å². The van der Waals surface area contributed by atoms with Crippen LogP contribution < -0.4 is 4.72 Å². The lowest BCUT2D eigenvalue weighted by Gasteiger charge is -2.16. The number of pyridine rings is 1. The maximum Gasteiger partial charge on any atom is 0.242 e. The number of ether oxygens (including phenoxy) is 1. The Hall–Kier alpha value is -2.22. The average molecular weight is 331 g/mol. The number of aromatic amines is 1. The molecule has 0 saturated heterocycles. The van der Waals surface area contributed by atoms with Crippen molar-refractivity contribution in [3.63, 3.8) is 0 Å². The Labute approximate surface area is 134 Å². The normalized spacial score (nSPS) is 13.3. The number of hydrogen-bond acceptors (Lipinski definition) is 4. The van der Waals surface area contributed by atoms with Crippen molar-refractivity contribution < 1.29 is 13.2 Å². The van der Waals surface area contributed by atoms with Crippen LogP contribution in [0.5, 0.6) is 0 Å². The minimum absolute atomic E-state index is 0.149. The Morgan fingerprint density at radius 1 is 1.22 bits per heavy atom. The van der Waals surface area contributed by atoms with Gasteiger partial charge in [0, 0.05) is 31.4 Å². The van der Waals surface area contributed by atoms with Crippen LogP contribution in [0.4, 0.5) is 0 Å². The molecule has 0 amide bonds. The second-order valence-electron chi connectivity index (χ2n) is 5.04. The Morgan fingerprint density at radius 3 is 2.74 bits per heavy atom. The molecule has 3 rings (SSSR count). The van der Waals surface area contributed by atoms with Crippen molar-refractivity contribution >= 4 is 21.1 Å². The van der Waals surface area contributed by atoms with Crippen LogP contribution in [0.3, 0.4) is 0 Å². The first-order chi connectivity index (χ1) is 11.1. The number of nitrogens with zero attached hydrogens (tertiary/aromatic N) is 1. The van der Waals surface area contributed by atoms with E-state index < -0.39 is 10.0 Å². The monoisotopic (exact) mass is 331 g/mol. The summed E-state index contributed by atoms with van der Waals surface area (Å²) in [5.41, 5.74) is 1.46. The molecule has 0 aliphatic carbocycles. The first-order valence-corrected chi connectivity index (χ1v) is 8.59. The maximum atomic E-state index is 12.5. The highest BCUT2D eigenvalue weighted by Crippen LogP contribution is 2.21. The lowest BCUT2D eigenvalue weighted by atomic mass is 10.1. The second-order valence-corrected chi connectivity index (χ2v) is 6.77. The number of benzene rings is 1. The Kier molecular flexibility index (Phi) is 4.42. The van der Waals surface area contributed by atoms with Crippen LogP contribution in [0.2, 0.25) is 0 Å². The van der Waals surface area contributed by atoms with Gasteiger partial charge in [0.2, 0.25) is 10.0 Å². The Bertz CT molecular complexity index is 891. The Morgan fingerprint density at radius 2 is 2.00 bits per heavy atom. The number of nitrogens with one attached hydrogen (secondary N) is 2. The van der Waals surface area contributed by atoms with Crippen LogP contribution in [-0.2, 0) is 14.8 Å². The molecular formula is C16H17N3O3S. The summed E-state index contributed by atoms with van der Waals surface area (Å²) >= 11 is 0. The maximum absolute atomic E-state index is 12.5. The molecule has 0 aliphatic heterocycles. The third kappa shape index (κ3) is 3.26. The third-order valence-corrected chi connectivity index (χ3v) is 5.08. The van der Waals surface area contributed by atoms with E-state index in [1.54, 1.807) is 25.4 Å². The molecule has 0 fully saturated rings. The van der Waals surface area contributed by atoms with E-state index >= 15 is 0 Å². The van der Waals surface area contributed by atoms with E-state index in [1.165, 1.54) is 6.20 Å². The van der Waals surface area contributed by atoms with Crippen molar-refractivity contribution in [1.29, 1.82) is 0 Å². The van der Waals surface area contributed by atoms with E-state index in [0.29, 0.717) is 11.0 Å². The van der Waals surface area contributed by atoms with Gasteiger partial charge in [-0.2, -0.15) is 0 Å². The van der Waals surface area contributed by atoms with Crippen molar-refractivity contribution in [1.82, 2.24) is 14.7 Å². The highest BCUT2D eigenvalue weighted by molar-refractivity contribution is 7.89. The van der Waals surface area contributed by atoms with Gasteiger partial charge in [-0.05, 0) is 17.7 Å². The molecule has 1 aromatic carbocycles. The summed E-state index contributed by atoms with van der Waals surface area (Å²) in [6.07, 6.45) is 2.71. The minimum Gasteiger partial charge on any atom is -0.375 e. The summed E-state index contributed by atoms with van der Waals surface area (Å²) in [5.74, 6) is 0. The smallest absolute Gasteiger partial charge is 0.242 e. The number of fused-ring (bicyclic) bond motifs is 1. The molecule has 0 radical (unpaired) electrons. The standard InChI is InChI=1S/C16H17N3O3S/c1-22-14(12-6-3-2-4-7-12)10-19-23(20,21)15-11-18-16-13(15)8-5-9-17-16/h2-9,11,14,19H,10H2,1H3,(H,17,18)/t14-/m0/s1. The fourth-order valence-corrected chi connectivity index (χ4v) is 3.62. The lowest BCUT2D eigenvalue weighted by Crippen LogP contribution is -2.29. The number of sulfonamides is 1. The van der Waals surface area contributed by atoms with Crippen LogP contribution in [-0.4, -0.2) is 32.0 Å². The zero-order chi connectivity index (χ0) is 16.3. The molecule has 0 saturated carbocycles. The first-order valence-electron chi connectivity index (χ1n) is 7.11. The largest absolute Gasteiger partial charge is 0.375 e. The number of H-pyrrole nitrogens is 1. The van der Waals surface area contributed by atoms with Crippen LogP contribution in [0.25, 0.3) is 11.0 Å². The molecule has 0 bridgehead atoms. The van der Waals surface area contributed by atoms with E-state index in [1.807, 2.05) is 30.3 Å². The number of rotatable bonds is 6. The van der Waals surface area contributed by atoms with E-state index in [2.05, 4.69) is 14.7 Å². The fraction of sp³-hybridized carbons (Fsp3) is 0.188. The highest BCUT2D eigenvalue weighted by Gasteiger charge is 2.21. The van der Waals surface area contributed by atoms with Gasteiger partial charge in [0.1, 0.15) is 10.5 Å². The fourth-order valence-electron chi connectivity index (χ4n) is 2.42. The molecule has 3 aromatic rings. The topological polar surface area (TPSA) is 84.1 Å². The van der Waals surface area contributed by atoms with Gasteiger partial charge in [0.25, 0.3) is 0 Å². The van der Waals surface area contributed by atoms with Crippen molar-refractivity contribution in [3.05, 3.63) is 60.4 Å². The lowest BCUT2D eigenvalue weighted by molar-refractivity contribution is 0.107. The predicted octanol–water partition coefficient (Wildman–Crippen LogP) is 2.23. The van der Waals surface area contributed by atoms with Crippen LogP contribution in [0, 0.1) is 0 Å². The molecule has 1 atom stereocenters. The van der Waals surface area contributed by atoms with Crippen LogP contribution in [0.15, 0.2) is 59.8 Å². The van der Waals surface area contributed by atoms with Crippen molar-refractivity contribution in [2.45, 2.75) is 11.0 Å². The molecule has 23 heavy (non-hydrogen) atoms. The summed E-state index contributed by atoms with van der Waals surface area (Å²) in [4.78, 5) is 7.15. The molecular weight excluding hydrogens is 314 g/mol. The number of methoxy groups -OCH3 is 1. The van der Waals surface area contributed by atoms with Crippen LogP contribution >= 0.6 is 0 Å². The quantitative estimate of drug-likeness (QED) is 0.725. The first kappa shape index (κ1) is 15.7. The van der Waals surface area contributed by atoms with E-state index in [-0.39, 0.29) is 17.5 Å². The van der Waals surface area contributed by atoms with E-state index in [9.17, 15) is 8.42 Å². The average Bonchev–Trinajstić information content (AvgIpc) is 3.01. The summed E-state index contributed by atoms with van der Waals surface area (Å²) < 4.78 is 33.1. The molecule has 2 aromatic heterocycles. The van der Waals surface area contributed by atoms with Gasteiger partial charge in [0.15, 0.2) is 0 Å². The summed E-state index contributed by atoms with van der Waals surface area (Å²) in [6.45, 7) is 0.149. The summed E-state index contributed by atoms with van der Waals surface area (Å²) in [5, 5.41) is 0.564. The molecule has 6 nitrogen and oxygen atoms in total. The third-order valence-electron chi connectivity index (χ3n) is 3.62. The molecule has 0 spiro atoms. The number of aromatic nitrogens is 2. The summed E-state index contributed by atoms with van der Waals surface area (Å²) in [7, 11) is -2.10. The predicted molar refractivity (Wildman–Crippen MR) is 87.5 cm³/mol. The minimum atomic E-state index is -3.66. The zero-order valence-corrected chi connectivity index (χ0v) is 13.4. The van der Waals surface area contributed by atoms with Crippen molar-refractivity contribution in [2.24, 2.45) is 0 Å². The van der Waals surface area contributed by atoms with Gasteiger partial charge in [-0.15, -0.1) is 0 Å². The summed E-state index contributed by atoms with van der Waals surface area (Å²) in [6, 6.07) is 12.9. The zero-order valence-electron chi connectivity index (χ0n) is 12.6. The van der Waals surface area contributed by atoms with Gasteiger partial charge in [-0.3, -0.25) is 0 Å². The SMILES string of the molecule is CO[C@@H](CNS(=O)(=O)c1c[nH]c2ncccc12)c1ccccc1. The van der Waals surface area contributed by atoms with Gasteiger partial charge in [-0.1, -0.05) is 30.3 Å². The van der Waals surface area contributed by atoms with Crippen molar-refractivity contribution in [3.8, 4) is 0 Å². The molecule has 7 heteroatoms. The van der Waals surface area contributed by atoms with Gasteiger partial charge >= 0.3 is 0 Å². The molecule has 2 N–H and O–H groups in total. The van der Waals surface area contributed by atoms with Gasteiger partial charge in [0.05, 0.1) is 6.10 Å². The molecule has 120 valence electrons. The van der Waals surface area contributed by atoms with Gasteiger partial charge in [-0.25, -0.2) is 18.1 Å². The second kappa shape index (κ2) is 6.49. The van der Waals surface area contributed by atoms with E-state index in [0.717, 1.165) is 5.56 Å². The molecule has 0 aliphatic rings. The van der Waals surface area contributed by atoms with Crippen molar-refractivity contribution in [2.75, 3.05) is 13.7 Å². The molecule has 2 heterocycles. The molecule has 0 unspecified atom stereocenters. The Balaban J connectivity index is 1.81.